The second kappa shape index (κ2) is 12.6. The lowest BCUT2D eigenvalue weighted by molar-refractivity contribution is 0.670. The molecule has 4 heterocycles. The molecule has 0 amide bonds. The van der Waals surface area contributed by atoms with Crippen LogP contribution >= 0.6 is 11.3 Å². The van der Waals surface area contributed by atoms with Crippen molar-refractivity contribution >= 4 is 75.3 Å². The highest BCUT2D eigenvalue weighted by atomic mass is 32.1. The van der Waals surface area contributed by atoms with Crippen molar-refractivity contribution in [3.8, 4) is 51.0 Å². The van der Waals surface area contributed by atoms with Crippen LogP contribution in [0.4, 0.5) is 0 Å². The Bertz CT molecular complexity index is 3420. The Hall–Kier alpha value is -7.41. The molecule has 6 heteroatoms. The highest BCUT2D eigenvalue weighted by molar-refractivity contribution is 7.25. The molecule has 0 aliphatic heterocycles. The molecule has 0 fully saturated rings. The van der Waals surface area contributed by atoms with Crippen LogP contribution in [0.5, 0.6) is 0 Å². The number of rotatable bonds is 5. The molecule has 0 radical (unpaired) electrons. The molecule has 0 unspecified atom stereocenters. The third-order valence-electron chi connectivity index (χ3n) is 11.1. The number of aromatic nitrogens is 4. The fourth-order valence-electron chi connectivity index (χ4n) is 8.38. The fraction of sp³-hybridized carbons (Fsp3) is 0. The zero-order valence-corrected chi connectivity index (χ0v) is 31.2. The summed E-state index contributed by atoms with van der Waals surface area (Å²) in [7, 11) is 0. The monoisotopic (exact) mass is 746 g/mol. The van der Waals surface area contributed by atoms with Crippen molar-refractivity contribution in [2.24, 2.45) is 0 Å². The number of hydrogen-bond donors (Lipinski definition) is 0. The summed E-state index contributed by atoms with van der Waals surface area (Å²) in [6.45, 7) is 0. The summed E-state index contributed by atoms with van der Waals surface area (Å²) in [6.07, 6.45) is 0. The van der Waals surface area contributed by atoms with Crippen molar-refractivity contribution in [1.29, 1.82) is 0 Å². The zero-order chi connectivity index (χ0) is 37.5. The first-order valence-electron chi connectivity index (χ1n) is 19.0. The molecule has 0 aliphatic carbocycles. The van der Waals surface area contributed by atoms with E-state index in [4.69, 9.17) is 19.4 Å². The van der Waals surface area contributed by atoms with Crippen molar-refractivity contribution < 1.29 is 4.42 Å². The van der Waals surface area contributed by atoms with Crippen molar-refractivity contribution in [3.05, 3.63) is 182 Å². The van der Waals surface area contributed by atoms with Gasteiger partial charge in [0.25, 0.3) is 0 Å². The first-order valence-corrected chi connectivity index (χ1v) is 19.8. The third-order valence-corrected chi connectivity index (χ3v) is 12.2. The van der Waals surface area contributed by atoms with Gasteiger partial charge in [0.15, 0.2) is 17.5 Å². The largest absolute Gasteiger partial charge is 0.455 e. The van der Waals surface area contributed by atoms with Crippen LogP contribution in [-0.4, -0.2) is 19.5 Å². The lowest BCUT2D eigenvalue weighted by atomic mass is 10.00. The van der Waals surface area contributed by atoms with Gasteiger partial charge in [0.2, 0.25) is 0 Å². The maximum Gasteiger partial charge on any atom is 0.164 e. The fourth-order valence-corrected chi connectivity index (χ4v) is 9.50. The minimum absolute atomic E-state index is 0.598. The molecule has 5 nitrogen and oxygen atoms in total. The van der Waals surface area contributed by atoms with E-state index < -0.39 is 0 Å². The number of hydrogen-bond acceptors (Lipinski definition) is 5. The number of thiophene rings is 1. The van der Waals surface area contributed by atoms with Crippen LogP contribution in [-0.2, 0) is 0 Å². The Labute approximate surface area is 330 Å². The topological polar surface area (TPSA) is 56.7 Å². The van der Waals surface area contributed by atoms with E-state index >= 15 is 0 Å². The summed E-state index contributed by atoms with van der Waals surface area (Å²) in [4.78, 5) is 14.8. The number of nitrogens with zero attached hydrogens (tertiary/aromatic N) is 4. The third kappa shape index (κ3) is 5.12. The van der Waals surface area contributed by atoms with E-state index in [0.29, 0.717) is 17.5 Å². The summed E-state index contributed by atoms with van der Waals surface area (Å²) in [5.41, 5.74) is 10.2. The molecule has 12 aromatic rings. The average molecular weight is 747 g/mol. The smallest absolute Gasteiger partial charge is 0.164 e. The quantitative estimate of drug-likeness (QED) is 0.176. The van der Waals surface area contributed by atoms with Crippen LogP contribution in [0.15, 0.2) is 186 Å². The number of furan rings is 1. The SMILES string of the molecule is c1ccc(-c2nc(-c3ccccc3)nc(-c3ccc4c(c3)oc3c(-c5ccc6sc7cc(-n8c9ccccc9c9ccccc98)ccc7c6c5)cccc34)n2)cc1. The lowest BCUT2D eigenvalue weighted by Gasteiger charge is -2.08. The molecule has 12 rings (SSSR count). The van der Waals surface area contributed by atoms with Gasteiger partial charge in [-0.15, -0.1) is 11.3 Å². The standard InChI is InChI=1S/C51H30N4OS/c1-3-12-31(13-4-1)49-52-50(32-14-5-2-6-15-32)54-51(53-49)34-22-25-39-41-19-11-18-36(48(41)56-45(39)29-34)33-23-27-46-42(28-33)40-26-24-35(30-47(40)57-46)55-43-20-9-7-16-37(43)38-17-8-10-21-44(38)55/h1-30H. The molecular formula is C51H30N4OS. The van der Waals surface area contributed by atoms with Gasteiger partial charge in [0.1, 0.15) is 11.2 Å². The van der Waals surface area contributed by atoms with Crippen LogP contribution in [0, 0.1) is 0 Å². The highest BCUT2D eigenvalue weighted by Crippen LogP contribution is 2.42. The molecule has 0 saturated heterocycles. The normalized spacial score (nSPS) is 11.9. The minimum atomic E-state index is 0.598. The molecule has 266 valence electrons. The number of benzene rings is 8. The van der Waals surface area contributed by atoms with Gasteiger partial charge in [-0.2, -0.15) is 0 Å². The second-order valence-electron chi connectivity index (χ2n) is 14.4. The molecule has 4 aromatic heterocycles. The molecule has 0 N–H and O–H groups in total. The number of para-hydroxylation sites is 3. The molecule has 0 saturated carbocycles. The zero-order valence-electron chi connectivity index (χ0n) is 30.4. The molecule has 0 aliphatic rings. The first-order chi connectivity index (χ1) is 28.2. The Kier molecular flexibility index (Phi) is 7.03. The van der Waals surface area contributed by atoms with E-state index in [-0.39, 0.29) is 0 Å². The maximum atomic E-state index is 6.77. The predicted molar refractivity (Wildman–Crippen MR) is 236 cm³/mol. The van der Waals surface area contributed by atoms with Crippen LogP contribution in [0.25, 0.3) is 115 Å². The maximum absolute atomic E-state index is 6.77. The Balaban J connectivity index is 0.960. The van der Waals surface area contributed by atoms with E-state index in [0.717, 1.165) is 49.8 Å². The summed E-state index contributed by atoms with van der Waals surface area (Å²) in [6, 6.07) is 63.8. The van der Waals surface area contributed by atoms with Gasteiger partial charge < -0.3 is 8.98 Å². The van der Waals surface area contributed by atoms with Gasteiger partial charge in [-0.05, 0) is 54.1 Å². The summed E-state index contributed by atoms with van der Waals surface area (Å²) in [5.74, 6) is 1.86. The molecule has 0 bridgehead atoms. The molecule has 8 aromatic carbocycles. The van der Waals surface area contributed by atoms with Crippen molar-refractivity contribution in [2.45, 2.75) is 0 Å². The average Bonchev–Trinajstić information content (AvgIpc) is 3.95. The predicted octanol–water partition coefficient (Wildman–Crippen LogP) is 13.9. The van der Waals surface area contributed by atoms with E-state index in [1.807, 2.05) is 72.0 Å². The second-order valence-corrected chi connectivity index (χ2v) is 15.5. The van der Waals surface area contributed by atoms with Gasteiger partial charge in [0.05, 0.1) is 11.0 Å². The van der Waals surface area contributed by atoms with Gasteiger partial charge in [-0.1, -0.05) is 133 Å². The number of fused-ring (bicyclic) bond motifs is 9. The van der Waals surface area contributed by atoms with Gasteiger partial charge in [-0.3, -0.25) is 0 Å². The van der Waals surface area contributed by atoms with Crippen LogP contribution < -0.4 is 0 Å². The van der Waals surface area contributed by atoms with Gasteiger partial charge in [0, 0.05) is 69.7 Å². The van der Waals surface area contributed by atoms with Crippen LogP contribution in [0.3, 0.4) is 0 Å². The Morgan fingerprint density at radius 1 is 0.386 bits per heavy atom. The molecule has 57 heavy (non-hydrogen) atoms. The Morgan fingerprint density at radius 3 is 1.68 bits per heavy atom. The Morgan fingerprint density at radius 2 is 0.982 bits per heavy atom. The van der Waals surface area contributed by atoms with Gasteiger partial charge in [-0.25, -0.2) is 15.0 Å². The lowest BCUT2D eigenvalue weighted by Crippen LogP contribution is -2.00. The summed E-state index contributed by atoms with van der Waals surface area (Å²) < 4.78 is 11.7. The van der Waals surface area contributed by atoms with Crippen LogP contribution in [0.2, 0.25) is 0 Å². The van der Waals surface area contributed by atoms with Crippen LogP contribution in [0.1, 0.15) is 0 Å². The molecular weight excluding hydrogens is 717 g/mol. The van der Waals surface area contributed by atoms with Crippen molar-refractivity contribution in [1.82, 2.24) is 19.5 Å². The van der Waals surface area contributed by atoms with Crippen molar-refractivity contribution in [3.63, 3.8) is 0 Å². The molecule has 0 atom stereocenters. The van der Waals surface area contributed by atoms with Gasteiger partial charge >= 0.3 is 0 Å². The first kappa shape index (κ1) is 31.9. The van der Waals surface area contributed by atoms with Crippen molar-refractivity contribution in [2.75, 3.05) is 0 Å². The van der Waals surface area contributed by atoms with E-state index in [1.54, 1.807) is 0 Å². The highest BCUT2D eigenvalue weighted by Gasteiger charge is 2.18. The minimum Gasteiger partial charge on any atom is -0.455 e. The summed E-state index contributed by atoms with van der Waals surface area (Å²) in [5, 5.41) is 7.16. The van der Waals surface area contributed by atoms with E-state index in [9.17, 15) is 0 Å². The molecule has 0 spiro atoms. The summed E-state index contributed by atoms with van der Waals surface area (Å²) >= 11 is 1.84. The van der Waals surface area contributed by atoms with E-state index in [2.05, 4.69) is 126 Å². The van der Waals surface area contributed by atoms with E-state index in [1.165, 1.54) is 47.7 Å².